The van der Waals surface area contributed by atoms with Crippen molar-refractivity contribution in [2.75, 3.05) is 28.3 Å². The monoisotopic (exact) mass is 317 g/mol. The maximum Gasteiger partial charge on any atom is 0.320 e. The summed E-state index contributed by atoms with van der Waals surface area (Å²) >= 11 is 0. The summed E-state index contributed by atoms with van der Waals surface area (Å²) in [5.74, 6) is -0.694. The van der Waals surface area contributed by atoms with Gasteiger partial charge in [0.2, 0.25) is 0 Å². The molecule has 4 nitrogen and oxygen atoms in total. The van der Waals surface area contributed by atoms with E-state index in [4.69, 9.17) is 5.11 Å². The fourth-order valence-corrected chi connectivity index (χ4v) is 2.43. The molecule has 0 amide bonds. The maximum absolute atomic E-state index is 11.0. The van der Waals surface area contributed by atoms with Crippen molar-refractivity contribution in [2.24, 2.45) is 0 Å². The van der Waals surface area contributed by atoms with Gasteiger partial charge >= 0.3 is 5.97 Å². The topological polar surface area (TPSA) is 49.8 Å². The van der Waals surface area contributed by atoms with E-state index in [9.17, 15) is 4.79 Å². The first-order chi connectivity index (χ1) is 10.5. The van der Waals surface area contributed by atoms with Crippen molar-refractivity contribution in [3.05, 3.63) is 0 Å². The van der Waals surface area contributed by atoms with Gasteiger partial charge in [0.05, 0.1) is 0 Å². The zero-order valence-electron chi connectivity index (χ0n) is 15.6. The molecule has 0 spiro atoms. The second kappa shape index (κ2) is 18.4. The molecular weight excluding hydrogens is 278 g/mol. The lowest BCUT2D eigenvalue weighted by Gasteiger charge is -2.19. The van der Waals surface area contributed by atoms with Gasteiger partial charge in [-0.2, -0.15) is 0 Å². The Labute approximate surface area is 138 Å². The summed E-state index contributed by atoms with van der Waals surface area (Å²) in [6.45, 7) is 2.25. The fourth-order valence-electron chi connectivity index (χ4n) is 2.43. The van der Waals surface area contributed by atoms with Gasteiger partial charge in [0.25, 0.3) is 0 Å². The Morgan fingerprint density at radius 1 is 0.909 bits per heavy atom. The maximum atomic E-state index is 11.0. The third kappa shape index (κ3) is 17.4. The average molecular weight is 318 g/mol. The minimum Gasteiger partial charge on any atom is -0.480 e. The Balaban J connectivity index is 0. The molecule has 0 saturated heterocycles. The van der Waals surface area contributed by atoms with Crippen LogP contribution in [0, 0.1) is 0 Å². The minimum atomic E-state index is -0.694. The summed E-state index contributed by atoms with van der Waals surface area (Å²) in [4.78, 5) is 12.8. The molecular formula is C18H39NO3. The molecule has 0 fully saturated rings. The van der Waals surface area contributed by atoms with Crippen LogP contribution in [-0.4, -0.2) is 50.3 Å². The number of carboxylic acid groups (broad SMARTS) is 1. The summed E-state index contributed by atoms with van der Waals surface area (Å²) in [7, 11) is 6.93. The molecule has 0 heterocycles. The number of rotatable bonds is 13. The second-order valence-electron chi connectivity index (χ2n) is 6.20. The summed E-state index contributed by atoms with van der Waals surface area (Å²) in [5.41, 5.74) is 0. The Hall–Kier alpha value is -0.610. The van der Waals surface area contributed by atoms with Gasteiger partial charge in [-0.3, -0.25) is 9.69 Å². The number of unbranched alkanes of at least 4 members (excludes halogenated alkanes) is 9. The Morgan fingerprint density at radius 3 is 1.59 bits per heavy atom. The summed E-state index contributed by atoms with van der Waals surface area (Å²) in [5, 5.41) is 9.05. The van der Waals surface area contributed by atoms with Gasteiger partial charge in [-0.15, -0.1) is 0 Å². The van der Waals surface area contributed by atoms with Crippen LogP contribution >= 0.6 is 0 Å². The molecule has 0 aliphatic carbocycles. The van der Waals surface area contributed by atoms with Crippen LogP contribution < -0.4 is 0 Å². The lowest BCUT2D eigenvalue weighted by Crippen LogP contribution is -2.35. The molecule has 0 aromatic rings. The van der Waals surface area contributed by atoms with Crippen LogP contribution in [0.1, 0.15) is 77.6 Å². The zero-order valence-corrected chi connectivity index (χ0v) is 15.6. The number of nitrogens with zero attached hydrogens (tertiary/aromatic N) is 1. The first kappa shape index (κ1) is 23.7. The van der Waals surface area contributed by atoms with Crippen molar-refractivity contribution in [3.63, 3.8) is 0 Å². The Morgan fingerprint density at radius 2 is 1.27 bits per heavy atom. The van der Waals surface area contributed by atoms with Crippen LogP contribution in [0.4, 0.5) is 0 Å². The van der Waals surface area contributed by atoms with E-state index in [0.29, 0.717) is 0 Å². The average Bonchev–Trinajstić information content (AvgIpc) is 2.44. The summed E-state index contributed by atoms with van der Waals surface area (Å²) in [6, 6.07) is -0.311. The Bertz CT molecular complexity index is 232. The quantitative estimate of drug-likeness (QED) is 0.505. The second-order valence-corrected chi connectivity index (χ2v) is 6.20. The van der Waals surface area contributed by atoms with Crippen molar-refractivity contribution in [3.8, 4) is 0 Å². The van der Waals surface area contributed by atoms with Crippen molar-refractivity contribution in [2.45, 2.75) is 83.6 Å². The third-order valence-corrected chi connectivity index (χ3v) is 3.74. The predicted octanol–water partition coefficient (Wildman–Crippen LogP) is 4.57. The third-order valence-electron chi connectivity index (χ3n) is 3.74. The molecule has 134 valence electrons. The molecule has 0 aromatic heterocycles. The normalized spacial score (nSPS) is 11.9. The number of carbonyl (C=O) groups is 1. The van der Waals surface area contributed by atoms with Gasteiger partial charge in [0.15, 0.2) is 0 Å². The van der Waals surface area contributed by atoms with Crippen LogP contribution in [0.5, 0.6) is 0 Å². The van der Waals surface area contributed by atoms with E-state index < -0.39 is 5.97 Å². The van der Waals surface area contributed by atoms with E-state index in [-0.39, 0.29) is 6.04 Å². The van der Waals surface area contributed by atoms with Crippen LogP contribution in [0.25, 0.3) is 0 Å². The van der Waals surface area contributed by atoms with Crippen molar-refractivity contribution in [1.29, 1.82) is 0 Å². The van der Waals surface area contributed by atoms with Gasteiger partial charge in [0.1, 0.15) is 6.04 Å². The SMILES string of the molecule is CCCCCCCCCCCCC(C(=O)O)N(C)C.COC. The van der Waals surface area contributed by atoms with Crippen LogP contribution in [0.2, 0.25) is 0 Å². The molecule has 0 aromatic carbocycles. The summed E-state index contributed by atoms with van der Waals surface area (Å²) in [6.07, 6.45) is 13.7. The van der Waals surface area contributed by atoms with Gasteiger partial charge in [-0.1, -0.05) is 71.1 Å². The molecule has 0 radical (unpaired) electrons. The first-order valence-corrected chi connectivity index (χ1v) is 8.80. The van der Waals surface area contributed by atoms with E-state index in [1.807, 2.05) is 14.1 Å². The molecule has 0 aliphatic rings. The lowest BCUT2D eigenvalue weighted by atomic mass is 10.0. The highest BCUT2D eigenvalue weighted by Gasteiger charge is 2.18. The smallest absolute Gasteiger partial charge is 0.320 e. The molecule has 0 aliphatic heterocycles. The number of hydrogen-bond acceptors (Lipinski definition) is 3. The number of ether oxygens (including phenoxy) is 1. The predicted molar refractivity (Wildman–Crippen MR) is 94.5 cm³/mol. The van der Waals surface area contributed by atoms with E-state index in [2.05, 4.69) is 11.7 Å². The molecule has 4 heteroatoms. The molecule has 22 heavy (non-hydrogen) atoms. The highest BCUT2D eigenvalue weighted by atomic mass is 16.4. The van der Waals surface area contributed by atoms with Gasteiger partial charge in [-0.05, 0) is 20.5 Å². The molecule has 1 unspecified atom stereocenters. The molecule has 1 atom stereocenters. The van der Waals surface area contributed by atoms with E-state index in [1.54, 1.807) is 19.1 Å². The van der Waals surface area contributed by atoms with Crippen LogP contribution in [0.3, 0.4) is 0 Å². The highest BCUT2D eigenvalue weighted by molar-refractivity contribution is 5.73. The summed E-state index contributed by atoms with van der Waals surface area (Å²) < 4.78 is 4.25. The van der Waals surface area contributed by atoms with Crippen LogP contribution in [-0.2, 0) is 9.53 Å². The zero-order chi connectivity index (χ0) is 17.2. The molecule has 1 N–H and O–H groups in total. The molecule has 0 bridgehead atoms. The standard InChI is InChI=1S/C16H33NO2.C2H6O/c1-4-5-6-7-8-9-10-11-12-13-14-15(16(18)19)17(2)3;1-3-2/h15H,4-14H2,1-3H3,(H,18,19);1-2H3. The number of likely N-dealkylation sites (N-methyl/N-ethyl adjacent to an activating group) is 1. The van der Waals surface area contributed by atoms with E-state index in [0.717, 1.165) is 12.8 Å². The molecule has 0 rings (SSSR count). The minimum absolute atomic E-state index is 0.311. The number of methoxy groups -OCH3 is 1. The van der Waals surface area contributed by atoms with Crippen molar-refractivity contribution in [1.82, 2.24) is 4.90 Å². The number of aliphatic carboxylic acids is 1. The van der Waals surface area contributed by atoms with Gasteiger partial charge in [-0.25, -0.2) is 0 Å². The fraction of sp³-hybridized carbons (Fsp3) is 0.944. The molecule has 0 saturated carbocycles. The van der Waals surface area contributed by atoms with Crippen LogP contribution in [0.15, 0.2) is 0 Å². The first-order valence-electron chi connectivity index (χ1n) is 8.80. The van der Waals surface area contributed by atoms with Crippen molar-refractivity contribution < 1.29 is 14.6 Å². The van der Waals surface area contributed by atoms with Crippen molar-refractivity contribution >= 4 is 5.97 Å². The largest absolute Gasteiger partial charge is 0.480 e. The Kier molecular flexibility index (Phi) is 19.8. The van der Waals surface area contributed by atoms with Gasteiger partial charge in [0, 0.05) is 14.2 Å². The van der Waals surface area contributed by atoms with E-state index in [1.165, 1.54) is 57.8 Å². The number of carboxylic acids is 1. The van der Waals surface area contributed by atoms with Gasteiger partial charge < -0.3 is 9.84 Å². The van der Waals surface area contributed by atoms with E-state index >= 15 is 0 Å². The highest BCUT2D eigenvalue weighted by Crippen LogP contribution is 2.13. The number of hydrogen-bond donors (Lipinski definition) is 1. The lowest BCUT2D eigenvalue weighted by molar-refractivity contribution is -0.142.